The third kappa shape index (κ3) is 6.95. The van der Waals surface area contributed by atoms with Crippen LogP contribution in [0.5, 0.6) is 0 Å². The van der Waals surface area contributed by atoms with E-state index in [1.165, 1.54) is 72.4 Å². The van der Waals surface area contributed by atoms with Crippen LogP contribution in [-0.4, -0.2) is 29.0 Å². The maximum absolute atomic E-state index is 4.75. The van der Waals surface area contributed by atoms with Crippen molar-refractivity contribution in [2.75, 3.05) is 18.0 Å². The van der Waals surface area contributed by atoms with E-state index in [1.807, 2.05) is 6.20 Å². The van der Waals surface area contributed by atoms with E-state index in [9.17, 15) is 0 Å². The van der Waals surface area contributed by atoms with Gasteiger partial charge in [-0.05, 0) is 159 Å². The van der Waals surface area contributed by atoms with Gasteiger partial charge >= 0.3 is 0 Å². The second-order valence-corrected chi connectivity index (χ2v) is 13.7. The summed E-state index contributed by atoms with van der Waals surface area (Å²) in [4.78, 5) is 10.1. The van der Waals surface area contributed by atoms with Gasteiger partial charge in [-0.25, -0.2) is 0 Å². The molecule has 1 aliphatic rings. The lowest BCUT2D eigenvalue weighted by Crippen LogP contribution is -2.44. The summed E-state index contributed by atoms with van der Waals surface area (Å²) in [5, 5.41) is 0. The molecule has 236 valence electrons. The molecule has 0 bridgehead atoms. The highest BCUT2D eigenvalue weighted by Crippen LogP contribution is 2.33. The summed E-state index contributed by atoms with van der Waals surface area (Å²) >= 11 is 0. The topological polar surface area (TPSA) is 19.4 Å². The van der Waals surface area contributed by atoms with Crippen LogP contribution >= 0.6 is 0 Å². The molecule has 6 rings (SSSR count). The standard InChI is InChI=1S/C43H49N3/c1-29-11-10-13-41(21-29)46(28-37-12-8-9-14-42(37)38-22-30(2)34(6)31(3)23-38)40-16-19-45(20-17-40)27-36-15-18-44-43(26-36)39-24-32(4)35(7)33(5)25-39/h8-15,18,21-26,40H,16-17,19-20,27-28H2,1-7H3. The zero-order valence-corrected chi connectivity index (χ0v) is 28.8. The van der Waals surface area contributed by atoms with Gasteiger partial charge in [0.25, 0.3) is 0 Å². The Balaban J connectivity index is 1.21. The van der Waals surface area contributed by atoms with Crippen LogP contribution in [-0.2, 0) is 13.1 Å². The van der Waals surface area contributed by atoms with E-state index in [1.54, 1.807) is 0 Å². The van der Waals surface area contributed by atoms with Crippen LogP contribution in [0.3, 0.4) is 0 Å². The van der Waals surface area contributed by atoms with Gasteiger partial charge in [0.15, 0.2) is 0 Å². The van der Waals surface area contributed by atoms with Crippen molar-refractivity contribution in [3.05, 3.63) is 141 Å². The Kier molecular flexibility index (Phi) is 9.42. The maximum atomic E-state index is 4.75. The lowest BCUT2D eigenvalue weighted by atomic mass is 9.93. The lowest BCUT2D eigenvalue weighted by molar-refractivity contribution is 0.201. The first-order chi connectivity index (χ1) is 22.2. The Labute approximate surface area is 277 Å². The molecule has 0 N–H and O–H groups in total. The minimum atomic E-state index is 0.485. The average Bonchev–Trinajstić information content (AvgIpc) is 3.05. The molecular weight excluding hydrogens is 558 g/mol. The number of rotatable bonds is 8. The summed E-state index contributed by atoms with van der Waals surface area (Å²) in [7, 11) is 0. The molecule has 0 spiro atoms. The predicted octanol–water partition coefficient (Wildman–Crippen LogP) is 10.2. The van der Waals surface area contributed by atoms with E-state index in [0.717, 1.165) is 44.7 Å². The Morgan fingerprint density at radius 1 is 0.674 bits per heavy atom. The molecule has 1 aromatic heterocycles. The van der Waals surface area contributed by atoms with E-state index < -0.39 is 0 Å². The van der Waals surface area contributed by atoms with Gasteiger partial charge in [-0.1, -0.05) is 48.5 Å². The Hall–Kier alpha value is -4.21. The van der Waals surface area contributed by atoms with Crippen LogP contribution < -0.4 is 4.90 Å². The number of likely N-dealkylation sites (tertiary alicyclic amines) is 1. The van der Waals surface area contributed by atoms with Crippen LogP contribution in [0.15, 0.2) is 91.1 Å². The van der Waals surface area contributed by atoms with E-state index in [4.69, 9.17) is 4.98 Å². The van der Waals surface area contributed by atoms with Crippen LogP contribution in [0, 0.1) is 48.5 Å². The minimum Gasteiger partial charge on any atom is -0.364 e. The highest BCUT2D eigenvalue weighted by Gasteiger charge is 2.26. The van der Waals surface area contributed by atoms with Gasteiger partial charge in [-0.2, -0.15) is 0 Å². The number of aromatic nitrogens is 1. The molecule has 3 heteroatoms. The van der Waals surface area contributed by atoms with Gasteiger partial charge in [0.2, 0.25) is 0 Å². The summed E-state index contributed by atoms with van der Waals surface area (Å²) in [5.74, 6) is 0. The highest BCUT2D eigenvalue weighted by molar-refractivity contribution is 5.70. The fourth-order valence-corrected chi connectivity index (χ4v) is 7.11. The third-order valence-corrected chi connectivity index (χ3v) is 10.4. The maximum Gasteiger partial charge on any atom is 0.0705 e. The molecule has 0 unspecified atom stereocenters. The Morgan fingerprint density at radius 2 is 1.30 bits per heavy atom. The number of benzene rings is 4. The summed E-state index contributed by atoms with van der Waals surface area (Å²) in [6, 6.07) is 32.3. The number of pyridine rings is 1. The van der Waals surface area contributed by atoms with Crippen LogP contribution in [0.1, 0.15) is 62.9 Å². The number of piperidine rings is 1. The summed E-state index contributed by atoms with van der Waals surface area (Å²) in [5.41, 5.74) is 18.4. The molecular formula is C43H49N3. The molecule has 1 aliphatic heterocycles. The van der Waals surface area contributed by atoms with Gasteiger partial charge in [-0.3, -0.25) is 9.88 Å². The first-order valence-corrected chi connectivity index (χ1v) is 16.9. The average molecular weight is 608 g/mol. The van der Waals surface area contributed by atoms with Crippen molar-refractivity contribution < 1.29 is 0 Å². The van der Waals surface area contributed by atoms with Gasteiger partial charge in [-0.15, -0.1) is 0 Å². The summed E-state index contributed by atoms with van der Waals surface area (Å²) in [6.45, 7) is 19.5. The van der Waals surface area contributed by atoms with Gasteiger partial charge in [0.1, 0.15) is 0 Å². The number of nitrogens with zero attached hydrogens (tertiary/aromatic N) is 3. The smallest absolute Gasteiger partial charge is 0.0705 e. The second kappa shape index (κ2) is 13.6. The number of anilines is 1. The van der Waals surface area contributed by atoms with Crippen LogP contribution in [0.4, 0.5) is 5.69 Å². The van der Waals surface area contributed by atoms with Crippen molar-refractivity contribution in [3.63, 3.8) is 0 Å². The van der Waals surface area contributed by atoms with Gasteiger partial charge in [0.05, 0.1) is 5.69 Å². The normalized spacial score (nSPS) is 14.1. The van der Waals surface area contributed by atoms with Crippen molar-refractivity contribution in [2.24, 2.45) is 0 Å². The molecule has 0 saturated carbocycles. The molecule has 0 amide bonds. The number of hydrogen-bond donors (Lipinski definition) is 0. The largest absolute Gasteiger partial charge is 0.364 e. The fraction of sp³-hybridized carbons (Fsp3) is 0.326. The first kappa shape index (κ1) is 31.8. The van der Waals surface area contributed by atoms with Crippen molar-refractivity contribution >= 4 is 5.69 Å². The molecule has 2 heterocycles. The molecule has 3 nitrogen and oxygen atoms in total. The molecule has 46 heavy (non-hydrogen) atoms. The Morgan fingerprint density at radius 3 is 1.96 bits per heavy atom. The third-order valence-electron chi connectivity index (χ3n) is 10.4. The first-order valence-electron chi connectivity index (χ1n) is 16.9. The molecule has 4 aromatic carbocycles. The molecule has 0 atom stereocenters. The highest BCUT2D eigenvalue weighted by atomic mass is 15.2. The lowest BCUT2D eigenvalue weighted by Gasteiger charge is -2.40. The van der Waals surface area contributed by atoms with E-state index >= 15 is 0 Å². The van der Waals surface area contributed by atoms with Crippen LogP contribution in [0.2, 0.25) is 0 Å². The van der Waals surface area contributed by atoms with Crippen molar-refractivity contribution in [2.45, 2.75) is 80.4 Å². The van der Waals surface area contributed by atoms with E-state index in [-0.39, 0.29) is 0 Å². The van der Waals surface area contributed by atoms with Crippen molar-refractivity contribution in [3.8, 4) is 22.4 Å². The van der Waals surface area contributed by atoms with Gasteiger partial charge in [0, 0.05) is 49.7 Å². The van der Waals surface area contributed by atoms with Crippen molar-refractivity contribution in [1.82, 2.24) is 9.88 Å². The number of aryl methyl sites for hydroxylation is 5. The molecule has 1 fully saturated rings. The summed E-state index contributed by atoms with van der Waals surface area (Å²) in [6.07, 6.45) is 4.27. The molecule has 0 aliphatic carbocycles. The fourth-order valence-electron chi connectivity index (χ4n) is 7.11. The number of hydrogen-bond acceptors (Lipinski definition) is 3. The minimum absolute atomic E-state index is 0.485. The zero-order valence-electron chi connectivity index (χ0n) is 28.8. The van der Waals surface area contributed by atoms with Gasteiger partial charge < -0.3 is 4.90 Å². The zero-order chi connectivity index (χ0) is 32.4. The molecule has 5 aromatic rings. The van der Waals surface area contributed by atoms with E-state index in [0.29, 0.717) is 6.04 Å². The summed E-state index contributed by atoms with van der Waals surface area (Å²) < 4.78 is 0. The quantitative estimate of drug-likeness (QED) is 0.175. The van der Waals surface area contributed by atoms with Crippen LogP contribution in [0.25, 0.3) is 22.4 Å². The molecule has 0 radical (unpaired) electrons. The van der Waals surface area contributed by atoms with E-state index in [2.05, 4.69) is 143 Å². The Bertz CT molecular complexity index is 1800. The second-order valence-electron chi connectivity index (χ2n) is 13.7. The monoisotopic (exact) mass is 607 g/mol. The van der Waals surface area contributed by atoms with Crippen molar-refractivity contribution in [1.29, 1.82) is 0 Å². The SMILES string of the molecule is Cc1cccc(N(Cc2ccccc2-c2cc(C)c(C)c(C)c2)C2CCN(Cc3ccnc(-c4cc(C)c(C)c(C)c4)c3)CC2)c1. The predicted molar refractivity (Wildman–Crippen MR) is 196 cm³/mol. The molecule has 1 saturated heterocycles.